The van der Waals surface area contributed by atoms with Crippen molar-refractivity contribution in [2.45, 2.75) is 24.2 Å². The second kappa shape index (κ2) is 17.5. The molecule has 0 aromatic heterocycles. The van der Waals surface area contributed by atoms with Crippen LogP contribution in [0.5, 0.6) is 0 Å². The summed E-state index contributed by atoms with van der Waals surface area (Å²) in [5.41, 5.74) is 8.12. The molecule has 2 atom stereocenters. The van der Waals surface area contributed by atoms with Crippen molar-refractivity contribution in [2.24, 2.45) is 0 Å². The van der Waals surface area contributed by atoms with Crippen LogP contribution in [-0.4, -0.2) is 31.9 Å². The molecule has 0 saturated carbocycles. The van der Waals surface area contributed by atoms with Crippen molar-refractivity contribution in [3.63, 3.8) is 0 Å². The van der Waals surface area contributed by atoms with Gasteiger partial charge in [0.05, 0.1) is 18.0 Å². The summed E-state index contributed by atoms with van der Waals surface area (Å²) in [7, 11) is 2.09. The summed E-state index contributed by atoms with van der Waals surface area (Å²) in [6, 6.07) is 53.8. The van der Waals surface area contributed by atoms with Crippen LogP contribution in [0.2, 0.25) is 0 Å². The zero-order chi connectivity index (χ0) is 38.1. The molecule has 1 N–H and O–H groups in total. The number of hydrogen-bond acceptors (Lipinski definition) is 4. The number of nitrogens with zero attached hydrogens (tertiary/aromatic N) is 1. The summed E-state index contributed by atoms with van der Waals surface area (Å²) in [6.07, 6.45) is 1.17. The Labute approximate surface area is 333 Å². The number of carbonyl (C=O) groups excluding carboxylic acids is 1. The van der Waals surface area contributed by atoms with E-state index in [0.717, 1.165) is 80.5 Å². The minimum absolute atomic E-state index is 0.0174. The molecular weight excluding hydrogens is 705 g/mol. The monoisotopic (exact) mass is 746 g/mol. The highest BCUT2D eigenvalue weighted by Crippen LogP contribution is 2.45. The van der Waals surface area contributed by atoms with Gasteiger partial charge in [0.2, 0.25) is 5.91 Å². The Kier molecular flexibility index (Phi) is 11.5. The molecule has 56 heavy (non-hydrogen) atoms. The molecule has 0 spiro atoms. The van der Waals surface area contributed by atoms with Crippen molar-refractivity contribution in [3.8, 4) is 23.7 Å². The van der Waals surface area contributed by atoms with Crippen molar-refractivity contribution < 1.29 is 9.53 Å². The summed E-state index contributed by atoms with van der Waals surface area (Å²) >= 11 is 1.96. The van der Waals surface area contributed by atoms with Gasteiger partial charge < -0.3 is 15.0 Å². The summed E-state index contributed by atoms with van der Waals surface area (Å²) in [5.74, 6) is 14.7. The molecule has 1 saturated heterocycles. The van der Waals surface area contributed by atoms with E-state index in [2.05, 4.69) is 108 Å². The van der Waals surface area contributed by atoms with Crippen LogP contribution in [0.15, 0.2) is 158 Å². The lowest BCUT2D eigenvalue weighted by Gasteiger charge is -2.32. The number of rotatable bonds is 8. The molecule has 7 aromatic rings. The zero-order valence-corrected chi connectivity index (χ0v) is 32.2. The van der Waals surface area contributed by atoms with Crippen molar-refractivity contribution in [2.75, 3.05) is 36.2 Å². The van der Waals surface area contributed by atoms with E-state index in [9.17, 15) is 4.79 Å². The molecular formula is C51H42N2O2S. The van der Waals surface area contributed by atoms with Crippen LogP contribution in [0.3, 0.4) is 0 Å². The van der Waals surface area contributed by atoms with Gasteiger partial charge in [-0.3, -0.25) is 4.79 Å². The average Bonchev–Trinajstić information content (AvgIpc) is 3.26. The predicted octanol–water partition coefficient (Wildman–Crippen LogP) is 11.2. The lowest BCUT2D eigenvalue weighted by Crippen LogP contribution is -2.21. The van der Waals surface area contributed by atoms with Crippen LogP contribution >= 0.6 is 11.8 Å². The molecule has 1 fully saturated rings. The molecule has 5 heteroatoms. The fourth-order valence-electron chi connectivity index (χ4n) is 7.30. The summed E-state index contributed by atoms with van der Waals surface area (Å²) < 4.78 is 6.25. The number of hydrogen-bond donors (Lipinski definition) is 1. The third-order valence-electron chi connectivity index (χ3n) is 10.2. The summed E-state index contributed by atoms with van der Waals surface area (Å²) in [6.45, 7) is 1.52. The first-order valence-corrected chi connectivity index (χ1v) is 20.2. The molecule has 1 aliphatic rings. The Hall–Kier alpha value is -6.24. The molecule has 0 bridgehead atoms. The lowest BCUT2D eigenvalue weighted by atomic mass is 9.91. The highest BCUT2D eigenvalue weighted by atomic mass is 32.2. The van der Waals surface area contributed by atoms with E-state index in [1.165, 1.54) is 11.1 Å². The Balaban J connectivity index is 0.989. The number of ether oxygens (including phenoxy) is 1. The quantitative estimate of drug-likeness (QED) is 0.124. The topological polar surface area (TPSA) is 41.6 Å². The van der Waals surface area contributed by atoms with Gasteiger partial charge in [-0.15, -0.1) is 11.8 Å². The van der Waals surface area contributed by atoms with Crippen LogP contribution < -0.4 is 10.2 Å². The van der Waals surface area contributed by atoms with E-state index < -0.39 is 0 Å². The Morgan fingerprint density at radius 3 is 1.88 bits per heavy atom. The normalized spacial score (nSPS) is 14.9. The number of nitrogens with one attached hydrogen (secondary N) is 1. The number of anilines is 2. The number of thioether (sulfide) groups is 1. The zero-order valence-electron chi connectivity index (χ0n) is 31.4. The van der Waals surface area contributed by atoms with Crippen molar-refractivity contribution in [1.29, 1.82) is 0 Å². The Morgan fingerprint density at radius 2 is 1.23 bits per heavy atom. The summed E-state index contributed by atoms with van der Waals surface area (Å²) in [5, 5.41) is 7.47. The molecule has 7 aromatic carbocycles. The molecule has 1 heterocycles. The summed E-state index contributed by atoms with van der Waals surface area (Å²) in [4.78, 5) is 15.6. The largest absolute Gasteiger partial charge is 0.375 e. The van der Waals surface area contributed by atoms with E-state index in [-0.39, 0.29) is 17.3 Å². The molecule has 0 aliphatic carbocycles. The number of amides is 1. The molecule has 2 unspecified atom stereocenters. The minimum atomic E-state index is -0.0174. The van der Waals surface area contributed by atoms with Gasteiger partial charge >= 0.3 is 0 Å². The van der Waals surface area contributed by atoms with Crippen LogP contribution in [0.1, 0.15) is 57.6 Å². The van der Waals surface area contributed by atoms with Gasteiger partial charge in [0.25, 0.3) is 0 Å². The van der Waals surface area contributed by atoms with E-state index in [1.807, 2.05) is 103 Å². The third kappa shape index (κ3) is 8.51. The maximum Gasteiger partial charge on any atom is 0.224 e. The number of benzene rings is 7. The SMILES string of the molecule is CN(CCCC(=O)Nc1ccc2c(C#Cc3ccccc3)c3ccccc3c(C#Cc3ccccc3)c2c1)c1ccc(C2SCCOC2c2ccccc2)cc1. The Bertz CT molecular complexity index is 2590. The van der Waals surface area contributed by atoms with Crippen molar-refractivity contribution >= 4 is 50.6 Å². The first-order chi connectivity index (χ1) is 27.6. The van der Waals surface area contributed by atoms with Gasteiger partial charge in [-0.25, -0.2) is 0 Å². The van der Waals surface area contributed by atoms with Crippen LogP contribution in [0.4, 0.5) is 11.4 Å². The molecule has 8 rings (SSSR count). The fourth-order valence-corrected chi connectivity index (χ4v) is 8.50. The standard InChI is InChI=1S/C51H42N2O2S/c1-53(42-28-25-40(26-29-42)51-50(55-34-35-56-51)39-18-9-4-10-19-39)33-13-22-49(54)52-41-27-32-47-45(30-23-37-14-5-2-6-15-37)43-20-11-12-21-44(43)46(48(47)36-41)31-24-38-16-7-3-8-17-38/h2-12,14-21,25-29,32,36,50-51H,13,22,33-35H2,1H3,(H,52,54). The smallest absolute Gasteiger partial charge is 0.224 e. The van der Waals surface area contributed by atoms with E-state index >= 15 is 0 Å². The van der Waals surface area contributed by atoms with Crippen LogP contribution in [0, 0.1) is 23.7 Å². The second-order valence-electron chi connectivity index (χ2n) is 13.9. The minimum Gasteiger partial charge on any atom is -0.375 e. The molecule has 1 aliphatic heterocycles. The highest BCUT2D eigenvalue weighted by molar-refractivity contribution is 7.99. The fraction of sp³-hybridized carbons (Fsp3) is 0.157. The van der Waals surface area contributed by atoms with Gasteiger partial charge in [0, 0.05) is 64.8 Å². The van der Waals surface area contributed by atoms with Gasteiger partial charge in [0.15, 0.2) is 0 Å². The van der Waals surface area contributed by atoms with Gasteiger partial charge in [0.1, 0.15) is 0 Å². The first-order valence-electron chi connectivity index (χ1n) is 19.1. The van der Waals surface area contributed by atoms with Crippen molar-refractivity contribution in [3.05, 3.63) is 191 Å². The average molecular weight is 747 g/mol. The van der Waals surface area contributed by atoms with E-state index in [4.69, 9.17) is 4.74 Å². The molecule has 4 nitrogen and oxygen atoms in total. The number of carbonyl (C=O) groups is 1. The van der Waals surface area contributed by atoms with Gasteiger partial charge in [-0.05, 0) is 82.2 Å². The highest BCUT2D eigenvalue weighted by Gasteiger charge is 2.29. The molecule has 274 valence electrons. The van der Waals surface area contributed by atoms with Crippen LogP contribution in [-0.2, 0) is 9.53 Å². The first kappa shape index (κ1) is 36.7. The molecule has 0 radical (unpaired) electrons. The third-order valence-corrected chi connectivity index (χ3v) is 11.4. The van der Waals surface area contributed by atoms with E-state index in [1.54, 1.807) is 0 Å². The van der Waals surface area contributed by atoms with Gasteiger partial charge in [-0.2, -0.15) is 0 Å². The van der Waals surface area contributed by atoms with E-state index in [0.29, 0.717) is 6.42 Å². The Morgan fingerprint density at radius 1 is 0.661 bits per heavy atom. The maximum absolute atomic E-state index is 13.4. The number of fused-ring (bicyclic) bond motifs is 2. The molecule has 1 amide bonds. The van der Waals surface area contributed by atoms with Crippen LogP contribution in [0.25, 0.3) is 21.5 Å². The second-order valence-corrected chi connectivity index (χ2v) is 15.2. The maximum atomic E-state index is 13.4. The lowest BCUT2D eigenvalue weighted by molar-refractivity contribution is -0.116. The van der Waals surface area contributed by atoms with Crippen molar-refractivity contribution in [1.82, 2.24) is 0 Å². The predicted molar refractivity (Wildman–Crippen MR) is 234 cm³/mol. The van der Waals surface area contributed by atoms with Gasteiger partial charge in [-0.1, -0.05) is 133 Å².